The number of ketones is 1. The number of carbonyl (C=O) groups excluding carboxylic acids is 3. The van der Waals surface area contributed by atoms with Crippen molar-refractivity contribution < 1.29 is 14.4 Å². The van der Waals surface area contributed by atoms with Gasteiger partial charge in [0.1, 0.15) is 0 Å². The minimum absolute atomic E-state index is 0.0255. The van der Waals surface area contributed by atoms with Gasteiger partial charge in [0.05, 0.1) is 0 Å². The van der Waals surface area contributed by atoms with Gasteiger partial charge in [-0.2, -0.15) is 0 Å². The van der Waals surface area contributed by atoms with Gasteiger partial charge in [0.15, 0.2) is 5.78 Å². The number of benzene rings is 2. The average Bonchev–Trinajstić information content (AvgIpc) is 3.32. The van der Waals surface area contributed by atoms with Crippen LogP contribution in [-0.4, -0.2) is 36.2 Å². The third-order valence-corrected chi connectivity index (χ3v) is 4.92. The van der Waals surface area contributed by atoms with Gasteiger partial charge in [-0.05, 0) is 53.8 Å². The van der Waals surface area contributed by atoms with Gasteiger partial charge in [-0.3, -0.25) is 14.4 Å². The SMILES string of the molecule is O=CN1CCc2cc(C(=O)CCNC(=O)c3ccc4cc[nH]c4c3)ccc21. The van der Waals surface area contributed by atoms with Gasteiger partial charge >= 0.3 is 0 Å². The first kappa shape index (κ1) is 17.0. The summed E-state index contributed by atoms with van der Waals surface area (Å²) in [6.45, 7) is 0.926. The number of rotatable bonds is 6. The van der Waals surface area contributed by atoms with E-state index in [1.807, 2.05) is 30.5 Å². The first-order valence-corrected chi connectivity index (χ1v) is 8.89. The van der Waals surface area contributed by atoms with E-state index in [0.717, 1.165) is 35.0 Å². The fraction of sp³-hybridized carbons (Fsp3) is 0.190. The van der Waals surface area contributed by atoms with E-state index in [-0.39, 0.29) is 24.7 Å². The van der Waals surface area contributed by atoms with Crippen molar-refractivity contribution in [2.24, 2.45) is 0 Å². The Labute approximate surface area is 156 Å². The minimum Gasteiger partial charge on any atom is -0.361 e. The smallest absolute Gasteiger partial charge is 0.251 e. The molecule has 3 aromatic rings. The lowest BCUT2D eigenvalue weighted by atomic mass is 10.0. The number of hydrogen-bond acceptors (Lipinski definition) is 3. The van der Waals surface area contributed by atoms with Gasteiger partial charge in [-0.25, -0.2) is 0 Å². The summed E-state index contributed by atoms with van der Waals surface area (Å²) in [6, 6.07) is 12.8. The standard InChI is InChI=1S/C21H19N3O3/c25-13-24-10-7-15-11-16(3-4-19(15)24)20(26)6-9-23-21(27)17-2-1-14-5-8-22-18(14)12-17/h1-5,8,11-13,22H,6-7,9-10H2,(H,23,27). The van der Waals surface area contributed by atoms with Crippen LogP contribution in [0.15, 0.2) is 48.7 Å². The van der Waals surface area contributed by atoms with E-state index in [1.165, 1.54) is 0 Å². The maximum absolute atomic E-state index is 12.4. The summed E-state index contributed by atoms with van der Waals surface area (Å²) in [7, 11) is 0. The maximum atomic E-state index is 12.4. The molecule has 136 valence electrons. The minimum atomic E-state index is -0.199. The lowest BCUT2D eigenvalue weighted by molar-refractivity contribution is -0.107. The van der Waals surface area contributed by atoms with Gasteiger partial charge in [-0.1, -0.05) is 6.07 Å². The highest BCUT2D eigenvalue weighted by molar-refractivity contribution is 5.99. The quantitative estimate of drug-likeness (QED) is 0.523. The number of aromatic amines is 1. The fourth-order valence-corrected chi connectivity index (χ4v) is 3.44. The van der Waals surface area contributed by atoms with E-state index in [4.69, 9.17) is 0 Å². The lowest BCUT2D eigenvalue weighted by Gasteiger charge is -2.10. The van der Waals surface area contributed by atoms with Crippen LogP contribution in [0.1, 0.15) is 32.7 Å². The molecule has 1 aromatic heterocycles. The van der Waals surface area contributed by atoms with Crippen molar-refractivity contribution in [3.63, 3.8) is 0 Å². The van der Waals surface area contributed by atoms with Crippen molar-refractivity contribution >= 4 is 34.7 Å². The molecule has 0 radical (unpaired) electrons. The Kier molecular flexibility index (Phi) is 4.46. The van der Waals surface area contributed by atoms with Crippen molar-refractivity contribution in [1.82, 2.24) is 10.3 Å². The number of anilines is 1. The van der Waals surface area contributed by atoms with Crippen LogP contribution >= 0.6 is 0 Å². The van der Waals surface area contributed by atoms with Crippen molar-refractivity contribution in [2.75, 3.05) is 18.0 Å². The van der Waals surface area contributed by atoms with Gasteiger partial charge in [-0.15, -0.1) is 0 Å². The van der Waals surface area contributed by atoms with Gasteiger partial charge in [0.25, 0.3) is 5.91 Å². The molecule has 1 aliphatic rings. The number of nitrogens with one attached hydrogen (secondary N) is 2. The molecule has 0 aliphatic carbocycles. The van der Waals surface area contributed by atoms with Crippen LogP contribution in [0.4, 0.5) is 5.69 Å². The van der Waals surface area contributed by atoms with Crippen LogP contribution in [-0.2, 0) is 11.2 Å². The predicted octanol–water partition coefficient (Wildman–Crippen LogP) is 2.69. The summed E-state index contributed by atoms with van der Waals surface area (Å²) in [4.78, 5) is 40.4. The molecular weight excluding hydrogens is 342 g/mol. The molecule has 6 heteroatoms. The van der Waals surface area contributed by atoms with Crippen molar-refractivity contribution in [3.05, 3.63) is 65.4 Å². The van der Waals surface area contributed by atoms with E-state index in [0.29, 0.717) is 17.7 Å². The highest BCUT2D eigenvalue weighted by Gasteiger charge is 2.20. The molecule has 0 saturated carbocycles. The maximum Gasteiger partial charge on any atom is 0.251 e. The molecule has 0 saturated heterocycles. The third kappa shape index (κ3) is 3.33. The van der Waals surface area contributed by atoms with Gasteiger partial charge in [0.2, 0.25) is 6.41 Å². The number of aromatic nitrogens is 1. The molecule has 2 N–H and O–H groups in total. The summed E-state index contributed by atoms with van der Waals surface area (Å²) in [5, 5.41) is 3.84. The van der Waals surface area contributed by atoms with Crippen LogP contribution in [0.2, 0.25) is 0 Å². The van der Waals surface area contributed by atoms with Crippen LogP contribution in [0.3, 0.4) is 0 Å². The van der Waals surface area contributed by atoms with Crippen molar-refractivity contribution in [1.29, 1.82) is 0 Å². The summed E-state index contributed by atoms with van der Waals surface area (Å²) in [5.41, 5.74) is 3.96. The molecule has 6 nitrogen and oxygen atoms in total. The number of H-pyrrole nitrogens is 1. The first-order chi connectivity index (χ1) is 13.2. The first-order valence-electron chi connectivity index (χ1n) is 8.89. The predicted molar refractivity (Wildman–Crippen MR) is 103 cm³/mol. The molecule has 4 rings (SSSR count). The number of fused-ring (bicyclic) bond motifs is 2. The van der Waals surface area contributed by atoms with Crippen LogP contribution in [0.5, 0.6) is 0 Å². The van der Waals surface area contributed by atoms with E-state index in [2.05, 4.69) is 10.3 Å². The van der Waals surface area contributed by atoms with E-state index < -0.39 is 0 Å². The zero-order chi connectivity index (χ0) is 18.8. The number of nitrogens with zero attached hydrogens (tertiary/aromatic N) is 1. The second-order valence-electron chi connectivity index (χ2n) is 6.60. The Morgan fingerprint density at radius 3 is 2.81 bits per heavy atom. The van der Waals surface area contributed by atoms with Gasteiger partial charge in [0, 0.05) is 48.0 Å². The third-order valence-electron chi connectivity index (χ3n) is 4.92. The normalized spacial score (nSPS) is 12.8. The van der Waals surface area contributed by atoms with Crippen LogP contribution in [0.25, 0.3) is 10.9 Å². The highest BCUT2D eigenvalue weighted by Crippen LogP contribution is 2.27. The summed E-state index contributed by atoms with van der Waals surface area (Å²) < 4.78 is 0. The zero-order valence-corrected chi connectivity index (χ0v) is 14.7. The Morgan fingerprint density at radius 2 is 1.96 bits per heavy atom. The van der Waals surface area contributed by atoms with Crippen molar-refractivity contribution in [2.45, 2.75) is 12.8 Å². The molecular formula is C21H19N3O3. The molecule has 0 spiro atoms. The molecule has 2 aromatic carbocycles. The number of carbonyl (C=O) groups is 3. The summed E-state index contributed by atoms with van der Waals surface area (Å²) >= 11 is 0. The second kappa shape index (κ2) is 7.07. The van der Waals surface area contributed by atoms with E-state index in [9.17, 15) is 14.4 Å². The molecule has 0 fully saturated rings. The largest absolute Gasteiger partial charge is 0.361 e. The molecule has 27 heavy (non-hydrogen) atoms. The number of amides is 2. The molecule has 2 amide bonds. The summed E-state index contributed by atoms with van der Waals surface area (Å²) in [5.74, 6) is -0.225. The van der Waals surface area contributed by atoms with E-state index in [1.54, 1.807) is 23.1 Å². The Balaban J connectivity index is 1.35. The molecule has 0 unspecified atom stereocenters. The fourth-order valence-electron chi connectivity index (χ4n) is 3.44. The molecule has 0 atom stereocenters. The van der Waals surface area contributed by atoms with Crippen LogP contribution in [0, 0.1) is 0 Å². The Bertz CT molecular complexity index is 1040. The van der Waals surface area contributed by atoms with Gasteiger partial charge < -0.3 is 15.2 Å². The summed E-state index contributed by atoms with van der Waals surface area (Å²) in [6.07, 6.45) is 3.63. The number of Topliss-reactive ketones (excluding diaryl/α,β-unsaturated/α-hetero) is 1. The monoisotopic (exact) mass is 361 g/mol. The zero-order valence-electron chi connectivity index (χ0n) is 14.7. The van der Waals surface area contributed by atoms with E-state index >= 15 is 0 Å². The second-order valence-corrected chi connectivity index (χ2v) is 6.60. The van der Waals surface area contributed by atoms with Crippen LogP contribution < -0.4 is 10.2 Å². The molecule has 0 bridgehead atoms. The number of hydrogen-bond donors (Lipinski definition) is 2. The highest BCUT2D eigenvalue weighted by atomic mass is 16.2. The van der Waals surface area contributed by atoms with Crippen molar-refractivity contribution in [3.8, 4) is 0 Å². The Morgan fingerprint density at radius 1 is 1.11 bits per heavy atom. The molecule has 1 aliphatic heterocycles. The lowest BCUT2D eigenvalue weighted by Crippen LogP contribution is -2.26. The topological polar surface area (TPSA) is 82.3 Å². The molecule has 2 heterocycles. The average molecular weight is 361 g/mol. The Hall–Kier alpha value is -3.41.